The summed E-state index contributed by atoms with van der Waals surface area (Å²) in [6.45, 7) is 2.87. The van der Waals surface area contributed by atoms with Crippen LogP contribution in [0.2, 0.25) is 0 Å². The third-order valence-corrected chi connectivity index (χ3v) is 2.09. The fourth-order valence-electron chi connectivity index (χ4n) is 1.40. The highest BCUT2D eigenvalue weighted by atomic mass is 16.1. The Bertz CT molecular complexity index is 485. The molecule has 0 N–H and O–H groups in total. The van der Waals surface area contributed by atoms with E-state index in [2.05, 4.69) is 12.1 Å². The Morgan fingerprint density at radius 2 is 2.38 bits per heavy atom. The number of nitrogens with zero attached hydrogens (tertiary/aromatic N) is 1. The van der Waals surface area contributed by atoms with Crippen molar-refractivity contribution in [2.24, 2.45) is 0 Å². The first-order valence-electron chi connectivity index (χ1n) is 4.24. The Labute approximate surface area is 76.4 Å². The number of fused-ring (bicyclic) bond motifs is 1. The average molecular weight is 171 g/mol. The second-order valence-corrected chi connectivity index (χ2v) is 2.83. The SMILES string of the molecule is CCn1c[c]c(=O)c2cc[c]cc21. The molecular formula is C11H9NO. The summed E-state index contributed by atoms with van der Waals surface area (Å²) in [4.78, 5) is 11.4. The lowest BCUT2D eigenvalue weighted by molar-refractivity contribution is 0.787. The quantitative estimate of drug-likeness (QED) is 0.639. The van der Waals surface area contributed by atoms with Crippen molar-refractivity contribution >= 4 is 10.9 Å². The molecular weight excluding hydrogens is 162 g/mol. The van der Waals surface area contributed by atoms with E-state index >= 15 is 0 Å². The van der Waals surface area contributed by atoms with Crippen LogP contribution in [0.1, 0.15) is 6.92 Å². The van der Waals surface area contributed by atoms with Crippen LogP contribution >= 0.6 is 0 Å². The van der Waals surface area contributed by atoms with Crippen LogP contribution in [0.15, 0.2) is 29.2 Å². The summed E-state index contributed by atoms with van der Waals surface area (Å²) in [6.07, 6.45) is 1.69. The van der Waals surface area contributed by atoms with Gasteiger partial charge >= 0.3 is 0 Å². The third-order valence-electron chi connectivity index (χ3n) is 2.09. The number of hydrogen-bond acceptors (Lipinski definition) is 1. The average Bonchev–Trinajstić information content (AvgIpc) is 2.19. The van der Waals surface area contributed by atoms with Gasteiger partial charge in [0.25, 0.3) is 0 Å². The van der Waals surface area contributed by atoms with Crippen LogP contribution in [0, 0.1) is 12.1 Å². The molecule has 0 saturated heterocycles. The zero-order valence-electron chi connectivity index (χ0n) is 7.37. The Morgan fingerprint density at radius 1 is 1.54 bits per heavy atom. The Morgan fingerprint density at radius 3 is 3.15 bits per heavy atom. The van der Waals surface area contributed by atoms with Crippen LogP contribution in [0.3, 0.4) is 0 Å². The number of aryl methyl sites for hydroxylation is 1. The molecule has 0 aliphatic rings. The van der Waals surface area contributed by atoms with Crippen molar-refractivity contribution in [3.05, 3.63) is 46.8 Å². The Hall–Kier alpha value is -1.57. The standard InChI is InChI=1S/C11H9NO/c1-2-12-8-7-11(13)9-5-3-4-6-10(9)12/h3,5-6,8H,2H2,1H3. The van der Waals surface area contributed by atoms with Crippen molar-refractivity contribution in [3.8, 4) is 0 Å². The molecule has 64 valence electrons. The fourth-order valence-corrected chi connectivity index (χ4v) is 1.40. The summed E-state index contributed by atoms with van der Waals surface area (Å²) in [5.41, 5.74) is 0.877. The highest BCUT2D eigenvalue weighted by Gasteiger charge is 1.99. The lowest BCUT2D eigenvalue weighted by Gasteiger charge is -2.05. The number of rotatable bonds is 1. The Balaban J connectivity index is 2.93. The zero-order chi connectivity index (χ0) is 9.26. The van der Waals surface area contributed by atoms with Gasteiger partial charge in [-0.25, -0.2) is 0 Å². The van der Waals surface area contributed by atoms with Crippen LogP contribution < -0.4 is 5.43 Å². The summed E-state index contributed by atoms with van der Waals surface area (Å²) < 4.78 is 1.98. The van der Waals surface area contributed by atoms with Gasteiger partial charge in [-0.1, -0.05) is 6.07 Å². The summed E-state index contributed by atoms with van der Waals surface area (Å²) in [6, 6.07) is 11.0. The van der Waals surface area contributed by atoms with Crippen LogP contribution in [-0.2, 0) is 6.54 Å². The lowest BCUT2D eigenvalue weighted by Crippen LogP contribution is -2.07. The van der Waals surface area contributed by atoms with Crippen LogP contribution in [0.5, 0.6) is 0 Å². The highest BCUT2D eigenvalue weighted by Crippen LogP contribution is 2.07. The fraction of sp³-hybridized carbons (Fsp3) is 0.182. The van der Waals surface area contributed by atoms with Gasteiger partial charge in [0.2, 0.25) is 0 Å². The normalized spacial score (nSPS) is 10.5. The first-order valence-corrected chi connectivity index (χ1v) is 4.24. The van der Waals surface area contributed by atoms with Crippen LogP contribution in [0.4, 0.5) is 0 Å². The molecule has 2 nitrogen and oxygen atoms in total. The van der Waals surface area contributed by atoms with Crippen molar-refractivity contribution in [1.82, 2.24) is 4.57 Å². The van der Waals surface area contributed by atoms with Crippen LogP contribution in [-0.4, -0.2) is 4.57 Å². The number of pyridine rings is 1. The van der Waals surface area contributed by atoms with E-state index in [4.69, 9.17) is 0 Å². The lowest BCUT2D eigenvalue weighted by atomic mass is 10.2. The molecule has 0 amide bonds. The molecule has 1 aromatic heterocycles. The van der Waals surface area contributed by atoms with Gasteiger partial charge in [0.1, 0.15) is 0 Å². The minimum atomic E-state index is -0.0475. The third kappa shape index (κ3) is 1.24. The zero-order valence-corrected chi connectivity index (χ0v) is 7.37. The van der Waals surface area contributed by atoms with E-state index in [1.165, 1.54) is 0 Å². The second-order valence-electron chi connectivity index (χ2n) is 2.83. The smallest absolute Gasteiger partial charge is 0.197 e. The largest absolute Gasteiger partial charge is 0.347 e. The van der Waals surface area contributed by atoms with Crippen LogP contribution in [0.25, 0.3) is 10.9 Å². The van der Waals surface area contributed by atoms with Gasteiger partial charge in [0.05, 0.1) is 11.6 Å². The summed E-state index contributed by atoms with van der Waals surface area (Å²) in [5.74, 6) is 0. The van der Waals surface area contributed by atoms with E-state index < -0.39 is 0 Å². The van der Waals surface area contributed by atoms with Gasteiger partial charge in [-0.05, 0) is 25.1 Å². The minimum Gasteiger partial charge on any atom is -0.347 e. The second kappa shape index (κ2) is 3.05. The van der Waals surface area contributed by atoms with Gasteiger partial charge in [-0.15, -0.1) is 0 Å². The van der Waals surface area contributed by atoms with Crippen molar-refractivity contribution in [3.63, 3.8) is 0 Å². The molecule has 2 heteroatoms. The molecule has 0 unspecified atom stereocenters. The molecule has 13 heavy (non-hydrogen) atoms. The van der Waals surface area contributed by atoms with E-state index in [-0.39, 0.29) is 5.43 Å². The molecule has 0 spiro atoms. The van der Waals surface area contributed by atoms with Crippen molar-refractivity contribution in [1.29, 1.82) is 0 Å². The predicted molar refractivity (Wildman–Crippen MR) is 51.6 cm³/mol. The molecule has 2 rings (SSSR count). The van der Waals surface area contributed by atoms with E-state index in [0.29, 0.717) is 5.39 Å². The molecule has 0 aliphatic heterocycles. The molecule has 0 saturated carbocycles. The summed E-state index contributed by atoms with van der Waals surface area (Å²) in [7, 11) is 0. The maximum Gasteiger partial charge on any atom is 0.197 e. The molecule has 0 aliphatic carbocycles. The van der Waals surface area contributed by atoms with Crippen molar-refractivity contribution in [2.75, 3.05) is 0 Å². The molecule has 0 fully saturated rings. The first-order chi connectivity index (χ1) is 6.33. The number of aromatic nitrogens is 1. The summed E-state index contributed by atoms with van der Waals surface area (Å²) >= 11 is 0. The number of hydrogen-bond donors (Lipinski definition) is 0. The predicted octanol–water partition coefficient (Wildman–Crippen LogP) is 1.62. The molecule has 2 radical (unpaired) electrons. The van der Waals surface area contributed by atoms with E-state index in [1.807, 2.05) is 17.6 Å². The maximum absolute atomic E-state index is 11.4. The molecule has 2 aromatic rings. The monoisotopic (exact) mass is 171 g/mol. The topological polar surface area (TPSA) is 22.0 Å². The Kier molecular flexibility index (Phi) is 1.89. The number of benzene rings is 1. The van der Waals surface area contributed by atoms with Gasteiger partial charge in [-0.2, -0.15) is 0 Å². The maximum atomic E-state index is 11.4. The van der Waals surface area contributed by atoms with E-state index in [1.54, 1.807) is 18.3 Å². The highest BCUT2D eigenvalue weighted by molar-refractivity contribution is 5.78. The van der Waals surface area contributed by atoms with Crippen molar-refractivity contribution < 1.29 is 0 Å². The van der Waals surface area contributed by atoms with Gasteiger partial charge in [0.15, 0.2) is 5.43 Å². The van der Waals surface area contributed by atoms with Crippen molar-refractivity contribution in [2.45, 2.75) is 13.5 Å². The first kappa shape index (κ1) is 8.05. The molecule has 0 bridgehead atoms. The van der Waals surface area contributed by atoms with Gasteiger partial charge < -0.3 is 4.57 Å². The molecule has 0 atom stereocenters. The minimum absolute atomic E-state index is 0.0475. The molecule has 1 heterocycles. The van der Waals surface area contributed by atoms with E-state index in [0.717, 1.165) is 12.1 Å². The molecule has 1 aromatic carbocycles. The summed E-state index contributed by atoms with van der Waals surface area (Å²) in [5, 5.41) is 0.711. The van der Waals surface area contributed by atoms with Gasteiger partial charge in [0, 0.05) is 18.1 Å². The van der Waals surface area contributed by atoms with Gasteiger partial charge in [-0.3, -0.25) is 4.79 Å². The van der Waals surface area contributed by atoms with E-state index in [9.17, 15) is 4.79 Å².